The third-order valence-electron chi connectivity index (χ3n) is 5.85. The Morgan fingerprint density at radius 3 is 2.74 bits per heavy atom. The Bertz CT molecular complexity index is 575. The Morgan fingerprint density at radius 2 is 2.11 bits per heavy atom. The Morgan fingerprint density at radius 1 is 1.30 bits per heavy atom. The number of hydrogen-bond donors (Lipinski definition) is 0. The van der Waals surface area contributed by atoms with Gasteiger partial charge in [0.05, 0.1) is 19.1 Å². The molecule has 0 radical (unpaired) electrons. The highest BCUT2D eigenvalue weighted by Gasteiger charge is 2.27. The molecule has 3 rings (SSSR count). The van der Waals surface area contributed by atoms with E-state index in [2.05, 4.69) is 9.80 Å². The first-order chi connectivity index (χ1) is 13.1. The quantitative estimate of drug-likeness (QED) is 0.660. The maximum atomic E-state index is 13.0. The number of nitrogens with zero attached hydrogens (tertiary/aromatic N) is 3. The van der Waals surface area contributed by atoms with E-state index in [4.69, 9.17) is 9.47 Å². The smallest absolute Gasteiger partial charge is 0.227 e. The van der Waals surface area contributed by atoms with E-state index in [1.807, 2.05) is 30.1 Å². The molecule has 0 N–H and O–H groups in total. The van der Waals surface area contributed by atoms with E-state index in [9.17, 15) is 4.79 Å². The largest absolute Gasteiger partial charge is 0.383 e. The summed E-state index contributed by atoms with van der Waals surface area (Å²) in [4.78, 5) is 17.6. The molecule has 27 heavy (non-hydrogen) atoms. The number of carbonyl (C=O) groups excluding carboxylic acids is 1. The van der Waals surface area contributed by atoms with Gasteiger partial charge >= 0.3 is 0 Å². The van der Waals surface area contributed by atoms with Crippen LogP contribution in [0.4, 0.5) is 0 Å². The predicted octanol–water partition coefficient (Wildman–Crippen LogP) is 1.93. The summed E-state index contributed by atoms with van der Waals surface area (Å²) in [6, 6.07) is 2.04. The van der Waals surface area contributed by atoms with Crippen LogP contribution in [-0.2, 0) is 27.7 Å². The molecular weight excluding hydrogens is 342 g/mol. The van der Waals surface area contributed by atoms with Crippen LogP contribution in [0.5, 0.6) is 0 Å². The van der Waals surface area contributed by atoms with Crippen molar-refractivity contribution >= 4 is 5.91 Å². The Balaban J connectivity index is 1.54. The zero-order chi connectivity index (χ0) is 19.1. The number of ether oxygens (including phenoxy) is 2. The van der Waals surface area contributed by atoms with Gasteiger partial charge in [-0.15, -0.1) is 0 Å². The molecule has 1 atom stereocenters. The number of aryl methyl sites for hydroxylation is 1. The number of rotatable bonds is 9. The Kier molecular flexibility index (Phi) is 7.73. The number of carbonyl (C=O) groups is 1. The van der Waals surface area contributed by atoms with Crippen molar-refractivity contribution < 1.29 is 14.3 Å². The number of likely N-dealkylation sites (tertiary alicyclic amines) is 1. The maximum absolute atomic E-state index is 13.0. The SMILES string of the molecule is COCCN1CCC(CN(C[C@H]2CCCO2)C(=O)Cc2ccn(C)c2)CC1. The summed E-state index contributed by atoms with van der Waals surface area (Å²) in [5.41, 5.74) is 1.09. The number of methoxy groups -OCH3 is 1. The van der Waals surface area contributed by atoms with E-state index in [0.29, 0.717) is 12.3 Å². The second-order valence-electron chi connectivity index (χ2n) is 8.07. The van der Waals surface area contributed by atoms with Gasteiger partial charge in [0.25, 0.3) is 0 Å². The molecule has 1 aromatic rings. The topological polar surface area (TPSA) is 46.9 Å². The molecule has 6 nitrogen and oxygen atoms in total. The average Bonchev–Trinajstić information content (AvgIpc) is 3.32. The lowest BCUT2D eigenvalue weighted by atomic mass is 9.95. The third-order valence-corrected chi connectivity index (χ3v) is 5.85. The minimum atomic E-state index is 0.214. The van der Waals surface area contributed by atoms with Crippen LogP contribution in [0.25, 0.3) is 0 Å². The number of amides is 1. The molecule has 2 aliphatic rings. The molecule has 2 fully saturated rings. The lowest BCUT2D eigenvalue weighted by molar-refractivity contribution is -0.133. The highest BCUT2D eigenvalue weighted by molar-refractivity contribution is 5.78. The minimum absolute atomic E-state index is 0.214. The first kappa shape index (κ1) is 20.4. The summed E-state index contributed by atoms with van der Waals surface area (Å²) in [5.74, 6) is 0.823. The Hall–Kier alpha value is -1.37. The number of piperidine rings is 1. The van der Waals surface area contributed by atoms with Crippen LogP contribution in [0.2, 0.25) is 0 Å². The number of aromatic nitrogens is 1. The average molecular weight is 378 g/mol. The zero-order valence-corrected chi connectivity index (χ0v) is 16.9. The molecule has 0 aromatic carbocycles. The van der Waals surface area contributed by atoms with Crippen molar-refractivity contribution in [1.29, 1.82) is 0 Å². The van der Waals surface area contributed by atoms with Crippen LogP contribution in [0.3, 0.4) is 0 Å². The summed E-state index contributed by atoms with van der Waals surface area (Å²) >= 11 is 0. The van der Waals surface area contributed by atoms with Crippen molar-refractivity contribution in [2.75, 3.05) is 53.0 Å². The van der Waals surface area contributed by atoms with Crippen molar-refractivity contribution in [2.24, 2.45) is 13.0 Å². The van der Waals surface area contributed by atoms with E-state index >= 15 is 0 Å². The molecule has 2 saturated heterocycles. The first-order valence-electron chi connectivity index (χ1n) is 10.4. The van der Waals surface area contributed by atoms with Crippen LogP contribution in [0.15, 0.2) is 18.5 Å². The Labute approximate surface area is 163 Å². The van der Waals surface area contributed by atoms with Gasteiger partial charge in [0, 0.05) is 52.8 Å². The minimum Gasteiger partial charge on any atom is -0.383 e. The molecule has 0 bridgehead atoms. The standard InChI is InChI=1S/C21H35N3O3/c1-22-8-5-19(15-22)14-21(25)24(17-20-4-3-12-27-20)16-18-6-9-23(10-7-18)11-13-26-2/h5,8,15,18,20H,3-4,6-7,9-14,16-17H2,1-2H3/t20-/m1/s1. The summed E-state index contributed by atoms with van der Waals surface area (Å²) in [7, 11) is 3.75. The van der Waals surface area contributed by atoms with Gasteiger partial charge in [0.1, 0.15) is 0 Å². The lowest BCUT2D eigenvalue weighted by Gasteiger charge is -2.35. The van der Waals surface area contributed by atoms with E-state index in [1.165, 1.54) is 0 Å². The van der Waals surface area contributed by atoms with Crippen LogP contribution >= 0.6 is 0 Å². The summed E-state index contributed by atoms with van der Waals surface area (Å²) in [6.45, 7) is 6.47. The van der Waals surface area contributed by atoms with Gasteiger partial charge in [-0.1, -0.05) is 0 Å². The summed E-state index contributed by atoms with van der Waals surface area (Å²) < 4.78 is 13.0. The molecule has 1 amide bonds. The lowest BCUT2D eigenvalue weighted by Crippen LogP contribution is -2.44. The van der Waals surface area contributed by atoms with Crippen molar-refractivity contribution in [2.45, 2.75) is 38.2 Å². The fraction of sp³-hybridized carbons (Fsp3) is 0.762. The molecule has 6 heteroatoms. The molecule has 0 spiro atoms. The van der Waals surface area contributed by atoms with Gasteiger partial charge in [0.15, 0.2) is 0 Å². The van der Waals surface area contributed by atoms with Crippen LogP contribution in [-0.4, -0.2) is 79.4 Å². The second kappa shape index (κ2) is 10.2. The molecule has 152 valence electrons. The molecule has 0 unspecified atom stereocenters. The summed E-state index contributed by atoms with van der Waals surface area (Å²) in [6.07, 6.45) is 9.24. The monoisotopic (exact) mass is 377 g/mol. The predicted molar refractivity (Wildman–Crippen MR) is 106 cm³/mol. The van der Waals surface area contributed by atoms with E-state index in [0.717, 1.165) is 77.2 Å². The normalized spacial score (nSPS) is 21.6. The van der Waals surface area contributed by atoms with Gasteiger partial charge in [-0.25, -0.2) is 0 Å². The van der Waals surface area contributed by atoms with Crippen molar-refractivity contribution in [1.82, 2.24) is 14.4 Å². The molecule has 1 aromatic heterocycles. The van der Waals surface area contributed by atoms with Gasteiger partial charge in [-0.2, -0.15) is 0 Å². The number of hydrogen-bond acceptors (Lipinski definition) is 4. The van der Waals surface area contributed by atoms with Gasteiger partial charge in [-0.05, 0) is 56.3 Å². The van der Waals surface area contributed by atoms with Crippen molar-refractivity contribution in [3.8, 4) is 0 Å². The van der Waals surface area contributed by atoms with Crippen LogP contribution in [0, 0.1) is 5.92 Å². The van der Waals surface area contributed by atoms with Crippen molar-refractivity contribution in [3.05, 3.63) is 24.0 Å². The fourth-order valence-electron chi connectivity index (χ4n) is 4.19. The van der Waals surface area contributed by atoms with Crippen LogP contribution < -0.4 is 0 Å². The van der Waals surface area contributed by atoms with Gasteiger partial charge in [0.2, 0.25) is 5.91 Å². The van der Waals surface area contributed by atoms with Crippen molar-refractivity contribution in [3.63, 3.8) is 0 Å². The van der Waals surface area contributed by atoms with Crippen LogP contribution in [0.1, 0.15) is 31.2 Å². The fourth-order valence-corrected chi connectivity index (χ4v) is 4.19. The highest BCUT2D eigenvalue weighted by Crippen LogP contribution is 2.21. The molecule has 0 saturated carbocycles. The van der Waals surface area contributed by atoms with E-state index < -0.39 is 0 Å². The maximum Gasteiger partial charge on any atom is 0.227 e. The molecular formula is C21H35N3O3. The summed E-state index contributed by atoms with van der Waals surface area (Å²) in [5, 5.41) is 0. The zero-order valence-electron chi connectivity index (χ0n) is 16.9. The molecule has 3 heterocycles. The second-order valence-corrected chi connectivity index (χ2v) is 8.07. The molecule has 0 aliphatic carbocycles. The van der Waals surface area contributed by atoms with Gasteiger partial charge in [-0.3, -0.25) is 4.79 Å². The highest BCUT2D eigenvalue weighted by atomic mass is 16.5. The van der Waals surface area contributed by atoms with E-state index in [1.54, 1.807) is 7.11 Å². The third kappa shape index (κ3) is 6.33. The van der Waals surface area contributed by atoms with Gasteiger partial charge < -0.3 is 23.8 Å². The van der Waals surface area contributed by atoms with E-state index in [-0.39, 0.29) is 12.0 Å². The molecule has 2 aliphatic heterocycles. The first-order valence-corrected chi connectivity index (χ1v) is 10.4.